The van der Waals surface area contributed by atoms with E-state index in [-0.39, 0.29) is 0 Å². The molecule has 160 valence electrons. The van der Waals surface area contributed by atoms with Crippen molar-refractivity contribution in [2.24, 2.45) is 5.92 Å². The zero-order valence-electron chi connectivity index (χ0n) is 18.1. The predicted octanol–water partition coefficient (Wildman–Crippen LogP) is 6.17. The van der Waals surface area contributed by atoms with E-state index in [1.165, 1.54) is 16.8 Å². The van der Waals surface area contributed by atoms with Gasteiger partial charge in [-0.25, -0.2) is 4.98 Å². The molecule has 2 aromatic carbocycles. The highest BCUT2D eigenvalue weighted by atomic mass is 32.1. The van der Waals surface area contributed by atoms with Crippen molar-refractivity contribution >= 4 is 27.2 Å². The molecule has 0 radical (unpaired) electrons. The molecule has 2 aromatic heterocycles. The molecule has 0 N–H and O–H groups in total. The second-order valence-electron chi connectivity index (χ2n) is 7.35. The molecule has 4 aromatic rings. The molecule has 5 nitrogen and oxygen atoms in total. The molecule has 31 heavy (non-hydrogen) atoms. The lowest BCUT2D eigenvalue weighted by Gasteiger charge is -2.18. The number of hydrogen-bond donors (Lipinski definition) is 0. The van der Waals surface area contributed by atoms with Crippen molar-refractivity contribution < 1.29 is 4.42 Å². The quantitative estimate of drug-likeness (QED) is 0.341. The van der Waals surface area contributed by atoms with Crippen LogP contribution in [0.4, 0.5) is 5.69 Å². The van der Waals surface area contributed by atoms with Crippen LogP contribution in [0.25, 0.3) is 21.7 Å². The number of aryl methyl sites for hydroxylation is 2. The van der Waals surface area contributed by atoms with Crippen molar-refractivity contribution in [2.75, 3.05) is 18.0 Å². The molecule has 5 rings (SSSR count). The number of para-hydroxylation sites is 1. The summed E-state index contributed by atoms with van der Waals surface area (Å²) in [5.41, 5.74) is 3.23. The first-order chi connectivity index (χ1) is 15.3. The van der Waals surface area contributed by atoms with Gasteiger partial charge in [0.25, 0.3) is 0 Å². The van der Waals surface area contributed by atoms with E-state index in [1.54, 1.807) is 11.3 Å². The number of nitrogens with zero attached hydrogens (tertiary/aromatic N) is 4. The molecule has 1 fully saturated rings. The number of thiazole rings is 1. The fourth-order valence-corrected chi connectivity index (χ4v) is 4.71. The molecular weight excluding hydrogens is 404 g/mol. The largest absolute Gasteiger partial charge is 0.421 e. The van der Waals surface area contributed by atoms with Gasteiger partial charge in [-0.05, 0) is 48.7 Å². The van der Waals surface area contributed by atoms with Gasteiger partial charge in [-0.2, -0.15) is 0 Å². The summed E-state index contributed by atoms with van der Waals surface area (Å²) >= 11 is 1.72. The van der Waals surface area contributed by atoms with E-state index in [0.29, 0.717) is 24.1 Å². The Morgan fingerprint density at radius 3 is 2.65 bits per heavy atom. The summed E-state index contributed by atoms with van der Waals surface area (Å²) < 4.78 is 7.11. The average molecular weight is 433 g/mol. The fraction of sp³-hybridized carbons (Fsp3) is 0.320. The van der Waals surface area contributed by atoms with Gasteiger partial charge in [0.05, 0.1) is 15.2 Å². The van der Waals surface area contributed by atoms with Crippen molar-refractivity contribution in [3.63, 3.8) is 0 Å². The van der Waals surface area contributed by atoms with Crippen LogP contribution >= 0.6 is 11.3 Å². The molecule has 1 unspecified atom stereocenters. The monoisotopic (exact) mass is 432 g/mol. The van der Waals surface area contributed by atoms with Crippen molar-refractivity contribution in [3.8, 4) is 11.5 Å². The predicted molar refractivity (Wildman–Crippen MR) is 129 cm³/mol. The highest BCUT2D eigenvalue weighted by Gasteiger charge is 2.20. The van der Waals surface area contributed by atoms with Gasteiger partial charge in [-0.3, -0.25) is 0 Å². The third kappa shape index (κ3) is 4.85. The Labute approximate surface area is 187 Å². The normalized spacial score (nSPS) is 15.7. The summed E-state index contributed by atoms with van der Waals surface area (Å²) in [4.78, 5) is 7.07. The zero-order chi connectivity index (χ0) is 21.6. The molecular formula is C25H28N4OS. The first kappa shape index (κ1) is 21.2. The van der Waals surface area contributed by atoms with E-state index in [4.69, 9.17) is 4.42 Å². The summed E-state index contributed by atoms with van der Waals surface area (Å²) in [5.74, 6) is 1.81. The Bertz CT molecular complexity index is 1100. The Hall–Kier alpha value is -2.99. The molecule has 1 aliphatic rings. The summed E-state index contributed by atoms with van der Waals surface area (Å²) in [5, 5.41) is 9.55. The Morgan fingerprint density at radius 2 is 1.90 bits per heavy atom. The van der Waals surface area contributed by atoms with Gasteiger partial charge in [0.15, 0.2) is 0 Å². The third-order valence-electron chi connectivity index (χ3n) is 5.40. The smallest absolute Gasteiger partial charge is 0.247 e. The van der Waals surface area contributed by atoms with Crippen LogP contribution < -0.4 is 4.90 Å². The van der Waals surface area contributed by atoms with E-state index < -0.39 is 0 Å². The molecule has 6 heteroatoms. The molecule has 1 aliphatic heterocycles. The van der Waals surface area contributed by atoms with Crippen LogP contribution in [0.1, 0.15) is 31.2 Å². The minimum atomic E-state index is 0.571. The number of aromatic nitrogens is 3. The van der Waals surface area contributed by atoms with Gasteiger partial charge in [-0.15, -0.1) is 28.1 Å². The minimum absolute atomic E-state index is 0.571. The fourth-order valence-electron chi connectivity index (χ4n) is 3.74. The third-order valence-corrected chi connectivity index (χ3v) is 6.49. The highest BCUT2D eigenvalue weighted by molar-refractivity contribution is 7.18. The van der Waals surface area contributed by atoms with Crippen LogP contribution in [0.2, 0.25) is 0 Å². The standard InChI is InChI=1S/C23H22N4OS.C2H6/c1-2-16-13-14-27(15-16)18-9-7-17(8-10-18)23-26-25-21(28-23)11-12-22-24-19-5-3-4-6-20(19)29-22;1-2/h2-10,16H,1,11-15H2;1-2H3. The number of anilines is 1. The molecule has 1 atom stereocenters. The molecule has 0 aliphatic carbocycles. The first-order valence-corrected chi connectivity index (χ1v) is 11.7. The van der Waals surface area contributed by atoms with Gasteiger partial charge in [-0.1, -0.05) is 32.1 Å². The lowest BCUT2D eigenvalue weighted by molar-refractivity contribution is 0.504. The zero-order valence-corrected chi connectivity index (χ0v) is 18.9. The van der Waals surface area contributed by atoms with E-state index in [9.17, 15) is 0 Å². The number of benzene rings is 2. The van der Waals surface area contributed by atoms with Gasteiger partial charge in [0.2, 0.25) is 11.8 Å². The molecule has 0 saturated carbocycles. The minimum Gasteiger partial charge on any atom is -0.421 e. The lowest BCUT2D eigenvalue weighted by Crippen LogP contribution is -2.18. The summed E-state index contributed by atoms with van der Waals surface area (Å²) in [6.45, 7) is 10.0. The van der Waals surface area contributed by atoms with Crippen LogP contribution in [0.15, 0.2) is 65.6 Å². The van der Waals surface area contributed by atoms with Gasteiger partial charge in [0.1, 0.15) is 0 Å². The molecule has 0 spiro atoms. The van der Waals surface area contributed by atoms with Crippen molar-refractivity contribution in [1.29, 1.82) is 0 Å². The van der Waals surface area contributed by atoms with Gasteiger partial charge >= 0.3 is 0 Å². The number of hydrogen-bond acceptors (Lipinski definition) is 6. The van der Waals surface area contributed by atoms with Crippen LogP contribution in [0, 0.1) is 5.92 Å². The average Bonchev–Trinajstić information content (AvgIpc) is 3.58. The molecule has 1 saturated heterocycles. The second-order valence-corrected chi connectivity index (χ2v) is 8.47. The summed E-state index contributed by atoms with van der Waals surface area (Å²) in [6, 6.07) is 16.6. The van der Waals surface area contributed by atoms with E-state index in [2.05, 4.69) is 63.1 Å². The van der Waals surface area contributed by atoms with E-state index in [1.807, 2.05) is 32.0 Å². The summed E-state index contributed by atoms with van der Waals surface area (Å²) in [6.07, 6.45) is 4.73. The topological polar surface area (TPSA) is 55.1 Å². The highest BCUT2D eigenvalue weighted by Crippen LogP contribution is 2.27. The van der Waals surface area contributed by atoms with Crippen molar-refractivity contribution in [2.45, 2.75) is 33.1 Å². The maximum absolute atomic E-state index is 5.89. The molecule has 0 bridgehead atoms. The van der Waals surface area contributed by atoms with Crippen molar-refractivity contribution in [3.05, 3.63) is 72.1 Å². The van der Waals surface area contributed by atoms with Crippen LogP contribution in [0.5, 0.6) is 0 Å². The first-order valence-electron chi connectivity index (χ1n) is 10.9. The molecule has 3 heterocycles. The van der Waals surface area contributed by atoms with Crippen LogP contribution in [-0.2, 0) is 12.8 Å². The number of rotatable bonds is 6. The Kier molecular flexibility index (Phi) is 6.77. The van der Waals surface area contributed by atoms with Crippen LogP contribution in [-0.4, -0.2) is 28.3 Å². The number of fused-ring (bicyclic) bond motifs is 1. The van der Waals surface area contributed by atoms with E-state index in [0.717, 1.165) is 35.6 Å². The van der Waals surface area contributed by atoms with Gasteiger partial charge in [0, 0.05) is 37.2 Å². The van der Waals surface area contributed by atoms with Crippen molar-refractivity contribution in [1.82, 2.24) is 15.2 Å². The maximum atomic E-state index is 5.89. The Balaban J connectivity index is 0.00000112. The lowest BCUT2D eigenvalue weighted by atomic mass is 10.1. The van der Waals surface area contributed by atoms with Crippen LogP contribution in [0.3, 0.4) is 0 Å². The summed E-state index contributed by atoms with van der Waals surface area (Å²) in [7, 11) is 0. The second kappa shape index (κ2) is 9.88. The van der Waals surface area contributed by atoms with E-state index >= 15 is 0 Å². The molecule has 0 amide bonds. The maximum Gasteiger partial charge on any atom is 0.247 e. The van der Waals surface area contributed by atoms with Gasteiger partial charge < -0.3 is 9.32 Å². The SMILES string of the molecule is C=CC1CCN(c2ccc(-c3nnc(CCc4nc5ccccc5s4)o3)cc2)C1.CC. The Morgan fingerprint density at radius 1 is 1.10 bits per heavy atom.